The molecule has 0 saturated carbocycles. The highest BCUT2D eigenvalue weighted by molar-refractivity contribution is 5.56. The van der Waals surface area contributed by atoms with Crippen LogP contribution in [0.25, 0.3) is 5.78 Å². The van der Waals surface area contributed by atoms with Crippen LogP contribution in [0.15, 0.2) is 54.9 Å². The van der Waals surface area contributed by atoms with Crippen LogP contribution in [0.5, 0.6) is 11.5 Å². The van der Waals surface area contributed by atoms with E-state index in [2.05, 4.69) is 69.3 Å². The van der Waals surface area contributed by atoms with Crippen molar-refractivity contribution in [1.82, 2.24) is 24.5 Å². The zero-order chi connectivity index (χ0) is 22.2. The Labute approximate surface area is 192 Å². The maximum atomic E-state index is 5.54. The van der Waals surface area contributed by atoms with Crippen molar-refractivity contribution < 1.29 is 9.47 Å². The molecule has 4 aromatic rings. The van der Waals surface area contributed by atoms with Crippen LogP contribution in [0.1, 0.15) is 22.4 Å². The first-order chi connectivity index (χ1) is 16.2. The second kappa shape index (κ2) is 8.37. The molecule has 1 fully saturated rings. The lowest BCUT2D eigenvalue weighted by Gasteiger charge is -2.37. The third-order valence-electron chi connectivity index (χ3n) is 6.44. The quantitative estimate of drug-likeness (QED) is 0.471. The Bertz CT molecular complexity index is 1280. The topological polar surface area (TPSA) is 68.0 Å². The molecule has 2 aliphatic rings. The van der Waals surface area contributed by atoms with Gasteiger partial charge in [0.05, 0.1) is 0 Å². The van der Waals surface area contributed by atoms with E-state index >= 15 is 0 Å². The largest absolute Gasteiger partial charge is 0.454 e. The Kier molecular flexibility index (Phi) is 5.07. The summed E-state index contributed by atoms with van der Waals surface area (Å²) in [6.45, 7) is 7.07. The van der Waals surface area contributed by atoms with Crippen molar-refractivity contribution >= 4 is 11.6 Å². The number of ether oxygens (including phenoxy) is 2. The minimum absolute atomic E-state index is 0.310. The highest BCUT2D eigenvalue weighted by Gasteiger charge is 2.25. The number of nitrogens with zero attached hydrogens (tertiary/aromatic N) is 6. The summed E-state index contributed by atoms with van der Waals surface area (Å²) < 4.78 is 12.9. The molecule has 6 rings (SSSR count). The van der Waals surface area contributed by atoms with Gasteiger partial charge in [0, 0.05) is 50.4 Å². The van der Waals surface area contributed by atoms with Gasteiger partial charge in [-0.25, -0.2) is 4.98 Å². The zero-order valence-electron chi connectivity index (χ0n) is 18.6. The molecule has 0 unspecified atom stereocenters. The van der Waals surface area contributed by atoms with Gasteiger partial charge in [0.1, 0.15) is 12.1 Å². The van der Waals surface area contributed by atoms with Crippen molar-refractivity contribution in [2.45, 2.75) is 19.9 Å². The summed E-state index contributed by atoms with van der Waals surface area (Å²) in [6.07, 6.45) is 2.41. The van der Waals surface area contributed by atoms with Crippen LogP contribution in [-0.4, -0.2) is 57.5 Å². The molecule has 0 bridgehead atoms. The van der Waals surface area contributed by atoms with Gasteiger partial charge in [-0.15, -0.1) is 0 Å². The summed E-state index contributed by atoms with van der Waals surface area (Å²) in [7, 11) is 0. The van der Waals surface area contributed by atoms with Gasteiger partial charge in [-0.2, -0.15) is 14.6 Å². The molecule has 0 spiro atoms. The van der Waals surface area contributed by atoms with Crippen molar-refractivity contribution in [2.75, 3.05) is 37.9 Å². The molecule has 2 aromatic heterocycles. The first kappa shape index (κ1) is 20.0. The van der Waals surface area contributed by atoms with E-state index < -0.39 is 0 Å². The molecule has 168 valence electrons. The molecule has 0 amide bonds. The van der Waals surface area contributed by atoms with E-state index in [9.17, 15) is 0 Å². The summed E-state index contributed by atoms with van der Waals surface area (Å²) in [5.74, 6) is 3.45. The number of aryl methyl sites for hydroxylation is 1. The van der Waals surface area contributed by atoms with Crippen molar-refractivity contribution in [1.29, 1.82) is 0 Å². The van der Waals surface area contributed by atoms with Crippen LogP contribution >= 0.6 is 0 Å². The number of piperazine rings is 1. The highest BCUT2D eigenvalue weighted by Crippen LogP contribution is 2.33. The molecule has 1 saturated heterocycles. The number of anilines is 1. The number of rotatable bonds is 5. The molecule has 0 atom stereocenters. The van der Waals surface area contributed by atoms with E-state index in [-0.39, 0.29) is 0 Å². The average molecular weight is 443 g/mol. The summed E-state index contributed by atoms with van der Waals surface area (Å²) in [6, 6.07) is 16.8. The lowest BCUT2D eigenvalue weighted by Crippen LogP contribution is -2.47. The fourth-order valence-corrected chi connectivity index (χ4v) is 4.72. The van der Waals surface area contributed by atoms with E-state index in [0.717, 1.165) is 62.2 Å². The Morgan fingerprint density at radius 2 is 1.73 bits per heavy atom. The third kappa shape index (κ3) is 3.87. The van der Waals surface area contributed by atoms with Crippen LogP contribution in [0, 0.1) is 6.92 Å². The van der Waals surface area contributed by atoms with E-state index in [4.69, 9.17) is 14.5 Å². The molecule has 8 nitrogen and oxygen atoms in total. The fraction of sp³-hybridized carbons (Fsp3) is 0.320. The van der Waals surface area contributed by atoms with Gasteiger partial charge < -0.3 is 14.4 Å². The van der Waals surface area contributed by atoms with Crippen LogP contribution in [0.2, 0.25) is 0 Å². The van der Waals surface area contributed by atoms with Gasteiger partial charge in [0.2, 0.25) is 6.79 Å². The number of hydrogen-bond acceptors (Lipinski definition) is 7. The Hall–Kier alpha value is -3.65. The predicted octanol–water partition coefficient (Wildman–Crippen LogP) is 3.07. The lowest BCUT2D eigenvalue weighted by atomic mass is 10.0. The Morgan fingerprint density at radius 1 is 0.909 bits per heavy atom. The zero-order valence-corrected chi connectivity index (χ0v) is 18.6. The van der Waals surface area contributed by atoms with Crippen LogP contribution < -0.4 is 14.4 Å². The summed E-state index contributed by atoms with van der Waals surface area (Å²) in [4.78, 5) is 14.0. The Balaban J connectivity index is 1.23. The second-order valence-corrected chi connectivity index (χ2v) is 8.58. The van der Waals surface area contributed by atoms with Crippen molar-refractivity contribution in [3.63, 3.8) is 0 Å². The lowest BCUT2D eigenvalue weighted by molar-refractivity contribution is 0.174. The monoisotopic (exact) mass is 442 g/mol. The number of aromatic nitrogens is 4. The SMILES string of the molecule is Cc1nc2ncnn2c(N2CCN(Cc3ccc4c(c3)OCO4)CC2)c1Cc1ccccc1. The summed E-state index contributed by atoms with van der Waals surface area (Å²) in [5.41, 5.74) is 4.74. The van der Waals surface area contributed by atoms with E-state index in [1.165, 1.54) is 16.7 Å². The maximum Gasteiger partial charge on any atom is 0.254 e. The fourth-order valence-electron chi connectivity index (χ4n) is 4.72. The molecule has 33 heavy (non-hydrogen) atoms. The maximum absolute atomic E-state index is 5.54. The highest BCUT2D eigenvalue weighted by atomic mass is 16.7. The third-order valence-corrected chi connectivity index (χ3v) is 6.44. The average Bonchev–Trinajstić information content (AvgIpc) is 3.50. The van der Waals surface area contributed by atoms with Gasteiger partial charge in [-0.3, -0.25) is 4.90 Å². The van der Waals surface area contributed by atoms with Gasteiger partial charge in [0.25, 0.3) is 5.78 Å². The summed E-state index contributed by atoms with van der Waals surface area (Å²) >= 11 is 0. The van der Waals surface area contributed by atoms with E-state index in [1.54, 1.807) is 6.33 Å². The van der Waals surface area contributed by atoms with Gasteiger partial charge in [0.15, 0.2) is 11.5 Å². The van der Waals surface area contributed by atoms with Gasteiger partial charge in [-0.05, 0) is 30.2 Å². The summed E-state index contributed by atoms with van der Waals surface area (Å²) in [5, 5.41) is 4.52. The molecule has 8 heteroatoms. The van der Waals surface area contributed by atoms with Crippen LogP contribution in [-0.2, 0) is 13.0 Å². The predicted molar refractivity (Wildman–Crippen MR) is 125 cm³/mol. The molecule has 0 radical (unpaired) electrons. The number of benzene rings is 2. The van der Waals surface area contributed by atoms with Gasteiger partial charge in [-0.1, -0.05) is 36.4 Å². The first-order valence-corrected chi connectivity index (χ1v) is 11.3. The van der Waals surface area contributed by atoms with Crippen molar-refractivity contribution in [3.05, 3.63) is 77.2 Å². The Morgan fingerprint density at radius 3 is 2.58 bits per heavy atom. The first-order valence-electron chi connectivity index (χ1n) is 11.3. The molecule has 2 aliphatic heterocycles. The minimum Gasteiger partial charge on any atom is -0.454 e. The normalized spacial score (nSPS) is 16.0. The van der Waals surface area contributed by atoms with Crippen LogP contribution in [0.3, 0.4) is 0 Å². The molecule has 4 heterocycles. The standard InChI is InChI=1S/C25H26N6O2/c1-18-21(13-19-5-3-2-4-6-19)24(31-25(28-18)26-16-27-31)30-11-9-29(10-12-30)15-20-7-8-22-23(14-20)33-17-32-22/h2-8,14,16H,9-13,15,17H2,1H3. The molecule has 2 aromatic carbocycles. The minimum atomic E-state index is 0.310. The molecular formula is C25H26N6O2. The number of fused-ring (bicyclic) bond motifs is 2. The molecular weight excluding hydrogens is 416 g/mol. The van der Waals surface area contributed by atoms with E-state index in [1.807, 2.05) is 10.6 Å². The smallest absolute Gasteiger partial charge is 0.254 e. The van der Waals surface area contributed by atoms with Crippen LogP contribution in [0.4, 0.5) is 5.82 Å². The number of hydrogen-bond donors (Lipinski definition) is 0. The van der Waals surface area contributed by atoms with Gasteiger partial charge >= 0.3 is 0 Å². The van der Waals surface area contributed by atoms with Crippen molar-refractivity contribution in [3.8, 4) is 11.5 Å². The van der Waals surface area contributed by atoms with E-state index in [0.29, 0.717) is 12.6 Å². The van der Waals surface area contributed by atoms with Crippen molar-refractivity contribution in [2.24, 2.45) is 0 Å². The second-order valence-electron chi connectivity index (χ2n) is 8.58. The molecule has 0 aliphatic carbocycles. The molecule has 0 N–H and O–H groups in total.